The summed E-state index contributed by atoms with van der Waals surface area (Å²) in [6.07, 6.45) is 1.57. The maximum absolute atomic E-state index is 13.3. The van der Waals surface area contributed by atoms with Crippen molar-refractivity contribution in [1.82, 2.24) is 14.4 Å². The SMILES string of the molecule is O=CN(NS(=O)(=O)c1ccc(Cl)s1)c1ccc(-n2cnc3cc(F)ccc3c2=O)cc1. The van der Waals surface area contributed by atoms with E-state index >= 15 is 0 Å². The molecule has 0 fully saturated rings. The summed E-state index contributed by atoms with van der Waals surface area (Å²) in [6.45, 7) is 0. The number of carbonyl (C=O) groups excluding carboxylic acids is 1. The van der Waals surface area contributed by atoms with Gasteiger partial charge in [-0.05, 0) is 48.5 Å². The highest BCUT2D eigenvalue weighted by molar-refractivity contribution is 7.91. The van der Waals surface area contributed by atoms with Crippen LogP contribution in [-0.2, 0) is 14.8 Å². The van der Waals surface area contributed by atoms with Crippen LogP contribution in [0.4, 0.5) is 10.1 Å². The Morgan fingerprint density at radius 2 is 1.87 bits per heavy atom. The highest BCUT2D eigenvalue weighted by atomic mass is 35.5. The molecule has 1 amide bonds. The summed E-state index contributed by atoms with van der Waals surface area (Å²) in [6, 6.07) is 12.4. The first-order valence-corrected chi connectivity index (χ1v) is 11.3. The van der Waals surface area contributed by atoms with E-state index in [2.05, 4.69) is 9.82 Å². The first-order valence-electron chi connectivity index (χ1n) is 8.58. The molecule has 0 saturated carbocycles. The van der Waals surface area contributed by atoms with E-state index < -0.39 is 21.4 Å². The first kappa shape index (κ1) is 21.1. The summed E-state index contributed by atoms with van der Waals surface area (Å²) in [5, 5.41) is 1.03. The number of fused-ring (bicyclic) bond motifs is 1. The Morgan fingerprint density at radius 3 is 2.52 bits per heavy atom. The lowest BCUT2D eigenvalue weighted by Crippen LogP contribution is -2.41. The van der Waals surface area contributed by atoms with Gasteiger partial charge in [-0.2, -0.15) is 0 Å². The molecule has 0 spiro atoms. The lowest BCUT2D eigenvalue weighted by atomic mass is 10.2. The summed E-state index contributed by atoms with van der Waals surface area (Å²) in [5.74, 6) is -0.497. The van der Waals surface area contributed by atoms with Crippen molar-refractivity contribution in [2.75, 3.05) is 5.01 Å². The van der Waals surface area contributed by atoms with Gasteiger partial charge in [0.25, 0.3) is 15.6 Å². The van der Waals surface area contributed by atoms with Crippen molar-refractivity contribution in [1.29, 1.82) is 0 Å². The number of hydrogen-bond acceptors (Lipinski definition) is 6. The van der Waals surface area contributed by atoms with E-state index in [1.165, 1.54) is 65.5 Å². The minimum atomic E-state index is -4.01. The van der Waals surface area contributed by atoms with Crippen LogP contribution in [-0.4, -0.2) is 24.4 Å². The van der Waals surface area contributed by atoms with E-state index in [-0.39, 0.29) is 20.8 Å². The van der Waals surface area contributed by atoms with E-state index in [9.17, 15) is 22.4 Å². The van der Waals surface area contributed by atoms with Crippen LogP contribution < -0.4 is 15.4 Å². The second kappa shape index (κ2) is 8.19. The van der Waals surface area contributed by atoms with Gasteiger partial charge in [-0.15, -0.1) is 16.2 Å². The minimum Gasteiger partial charge on any atom is -0.277 e. The normalized spacial score (nSPS) is 11.5. The van der Waals surface area contributed by atoms with Crippen LogP contribution in [0.3, 0.4) is 0 Å². The summed E-state index contributed by atoms with van der Waals surface area (Å²) in [5.41, 5.74) is 0.466. The van der Waals surface area contributed by atoms with Crippen molar-refractivity contribution in [3.63, 3.8) is 0 Å². The molecule has 0 atom stereocenters. The molecule has 2 aromatic heterocycles. The molecule has 0 aliphatic carbocycles. The summed E-state index contributed by atoms with van der Waals surface area (Å²) in [7, 11) is -4.01. The van der Waals surface area contributed by atoms with Crippen LogP contribution in [0.2, 0.25) is 4.34 Å². The van der Waals surface area contributed by atoms with Gasteiger partial charge in [0, 0.05) is 6.07 Å². The fourth-order valence-electron chi connectivity index (χ4n) is 2.80. The molecule has 4 aromatic rings. The van der Waals surface area contributed by atoms with Crippen molar-refractivity contribution in [2.45, 2.75) is 4.21 Å². The average molecular weight is 479 g/mol. The van der Waals surface area contributed by atoms with E-state index in [1.807, 2.05) is 0 Å². The van der Waals surface area contributed by atoms with Gasteiger partial charge < -0.3 is 0 Å². The molecule has 0 radical (unpaired) electrons. The van der Waals surface area contributed by atoms with Gasteiger partial charge in [-0.1, -0.05) is 11.6 Å². The quantitative estimate of drug-likeness (QED) is 0.339. The Morgan fingerprint density at radius 1 is 1.13 bits per heavy atom. The monoisotopic (exact) mass is 478 g/mol. The van der Waals surface area contributed by atoms with E-state index in [1.54, 1.807) is 0 Å². The number of thiophene rings is 1. The molecule has 2 aromatic carbocycles. The highest BCUT2D eigenvalue weighted by Crippen LogP contribution is 2.26. The Balaban J connectivity index is 1.63. The number of hydrogen-bond donors (Lipinski definition) is 1. The highest BCUT2D eigenvalue weighted by Gasteiger charge is 2.21. The second-order valence-corrected chi connectivity index (χ2v) is 9.83. The van der Waals surface area contributed by atoms with Crippen molar-refractivity contribution in [2.24, 2.45) is 0 Å². The summed E-state index contributed by atoms with van der Waals surface area (Å²) >= 11 is 6.63. The van der Waals surface area contributed by atoms with Gasteiger partial charge >= 0.3 is 0 Å². The minimum absolute atomic E-state index is 0.0498. The van der Waals surface area contributed by atoms with Gasteiger partial charge in [0.2, 0.25) is 6.41 Å². The maximum Gasteiger partial charge on any atom is 0.267 e. The summed E-state index contributed by atoms with van der Waals surface area (Å²) < 4.78 is 39.7. The zero-order chi connectivity index (χ0) is 22.2. The molecule has 4 rings (SSSR count). The third-order valence-corrected chi connectivity index (χ3v) is 7.30. The number of carbonyl (C=O) groups is 1. The third-order valence-electron chi connectivity index (χ3n) is 4.26. The van der Waals surface area contributed by atoms with E-state index in [4.69, 9.17) is 11.6 Å². The molecule has 12 heteroatoms. The predicted octanol–water partition coefficient (Wildman–Crippen LogP) is 3.10. The smallest absolute Gasteiger partial charge is 0.267 e. The van der Waals surface area contributed by atoms with Gasteiger partial charge in [-0.25, -0.2) is 22.8 Å². The number of sulfonamides is 1. The molecule has 31 heavy (non-hydrogen) atoms. The zero-order valence-electron chi connectivity index (χ0n) is 15.4. The molecule has 2 heterocycles. The third kappa shape index (κ3) is 4.21. The number of amides is 1. The standard InChI is InChI=1S/C19H12ClFN4O4S2/c20-17-7-8-18(30-17)31(28,29)23-25(11-26)14-4-2-13(3-5-14)24-10-22-16-9-12(21)1-6-15(16)19(24)27/h1-11,23H. The van der Waals surface area contributed by atoms with E-state index in [0.29, 0.717) is 16.4 Å². The number of anilines is 1. The molecule has 158 valence electrons. The number of aromatic nitrogens is 2. The van der Waals surface area contributed by atoms with Crippen molar-refractivity contribution >= 4 is 56.0 Å². The molecular formula is C19H12ClFN4O4S2. The summed E-state index contributed by atoms with van der Waals surface area (Å²) in [4.78, 5) is 30.4. The molecular weight excluding hydrogens is 467 g/mol. The van der Waals surface area contributed by atoms with Crippen molar-refractivity contribution < 1.29 is 17.6 Å². The number of nitrogens with one attached hydrogen (secondary N) is 1. The lowest BCUT2D eigenvalue weighted by molar-refractivity contribution is -0.107. The Kier molecular flexibility index (Phi) is 5.58. The van der Waals surface area contributed by atoms with Crippen LogP contribution in [0.25, 0.3) is 16.6 Å². The van der Waals surface area contributed by atoms with Gasteiger partial charge in [0.05, 0.1) is 26.6 Å². The second-order valence-electron chi connectivity index (χ2n) is 6.23. The molecule has 0 bridgehead atoms. The molecule has 0 saturated heterocycles. The Labute approximate surface area is 184 Å². The Bertz CT molecular complexity index is 1450. The van der Waals surface area contributed by atoms with Crippen molar-refractivity contribution in [3.8, 4) is 5.69 Å². The number of halogens is 2. The van der Waals surface area contributed by atoms with E-state index in [0.717, 1.165) is 16.3 Å². The number of rotatable bonds is 6. The topological polar surface area (TPSA) is 101 Å². The first-order chi connectivity index (χ1) is 14.8. The van der Waals surface area contributed by atoms with Crippen molar-refractivity contribution in [3.05, 3.63) is 81.4 Å². The number of hydrazine groups is 1. The van der Waals surface area contributed by atoms with Crippen LogP contribution in [0.5, 0.6) is 0 Å². The molecule has 0 unspecified atom stereocenters. The fraction of sp³-hybridized carbons (Fsp3) is 0. The van der Waals surface area contributed by atoms with Gasteiger partial charge in [0.1, 0.15) is 16.4 Å². The molecule has 1 N–H and O–H groups in total. The number of nitrogens with zero attached hydrogens (tertiary/aromatic N) is 3. The van der Waals surface area contributed by atoms with Crippen LogP contribution in [0.15, 0.2) is 69.9 Å². The fourth-order valence-corrected chi connectivity index (χ4v) is 5.28. The molecule has 8 nitrogen and oxygen atoms in total. The predicted molar refractivity (Wildman–Crippen MR) is 115 cm³/mol. The van der Waals surface area contributed by atoms with Gasteiger partial charge in [-0.3, -0.25) is 14.2 Å². The molecule has 0 aliphatic rings. The Hall–Kier alpha value is -3.12. The van der Waals surface area contributed by atoms with Crippen LogP contribution >= 0.6 is 22.9 Å². The zero-order valence-corrected chi connectivity index (χ0v) is 17.8. The maximum atomic E-state index is 13.3. The number of benzene rings is 2. The lowest BCUT2D eigenvalue weighted by Gasteiger charge is -2.18. The van der Waals surface area contributed by atoms with Gasteiger partial charge in [0.15, 0.2) is 0 Å². The average Bonchev–Trinajstić information content (AvgIpc) is 3.20. The molecule has 0 aliphatic heterocycles. The van der Waals surface area contributed by atoms with Crippen LogP contribution in [0, 0.1) is 5.82 Å². The van der Waals surface area contributed by atoms with Crippen LogP contribution in [0.1, 0.15) is 0 Å². The largest absolute Gasteiger partial charge is 0.277 e.